The van der Waals surface area contributed by atoms with Crippen LogP contribution < -0.4 is 0 Å². The standard InChI is InChI=1S/C36H27N3S/c1-36(2,3)24-19-20-31-30(21-24)26-9-4-5-11-29(26)35-38-37-34(39(31)35)23-17-15-22(16-18-23)25-12-8-13-28-27-10-6-7-14-32(27)40-33(25)28/h4-21H,1-3H3. The van der Waals surface area contributed by atoms with Crippen molar-refractivity contribution in [2.75, 3.05) is 0 Å². The predicted octanol–water partition coefficient (Wildman–Crippen LogP) is 10.0. The van der Waals surface area contributed by atoms with Gasteiger partial charge in [-0.05, 0) is 45.7 Å². The van der Waals surface area contributed by atoms with Crippen molar-refractivity contribution in [3.8, 4) is 22.5 Å². The second-order valence-corrected chi connectivity index (χ2v) is 12.6. The Labute approximate surface area is 236 Å². The van der Waals surface area contributed by atoms with Gasteiger partial charge in [-0.2, -0.15) is 0 Å². The van der Waals surface area contributed by atoms with E-state index in [2.05, 4.69) is 134 Å². The number of nitrogens with zero attached hydrogens (tertiary/aromatic N) is 3. The van der Waals surface area contributed by atoms with Gasteiger partial charge in [0.05, 0.1) is 5.52 Å². The number of rotatable bonds is 2. The van der Waals surface area contributed by atoms with E-state index < -0.39 is 0 Å². The average Bonchev–Trinajstić information content (AvgIpc) is 3.59. The lowest BCUT2D eigenvalue weighted by atomic mass is 9.86. The maximum atomic E-state index is 4.73. The van der Waals surface area contributed by atoms with Crippen LogP contribution in [-0.2, 0) is 5.41 Å². The zero-order valence-corrected chi connectivity index (χ0v) is 23.5. The Balaban J connectivity index is 1.32. The number of hydrogen-bond acceptors (Lipinski definition) is 3. The molecule has 0 spiro atoms. The van der Waals surface area contributed by atoms with E-state index in [-0.39, 0.29) is 5.41 Å². The van der Waals surface area contributed by atoms with E-state index in [1.807, 2.05) is 11.3 Å². The summed E-state index contributed by atoms with van der Waals surface area (Å²) in [6.45, 7) is 6.79. The molecule has 4 heteroatoms. The molecular weight excluding hydrogens is 506 g/mol. The normalized spacial score (nSPS) is 12.4. The minimum absolute atomic E-state index is 0.0629. The number of aromatic nitrogens is 3. The van der Waals surface area contributed by atoms with Gasteiger partial charge in [0.25, 0.3) is 0 Å². The molecule has 3 nitrogen and oxygen atoms in total. The smallest absolute Gasteiger partial charge is 0.169 e. The van der Waals surface area contributed by atoms with Crippen LogP contribution in [0.5, 0.6) is 0 Å². The van der Waals surface area contributed by atoms with Crippen LogP contribution in [0, 0.1) is 0 Å². The molecule has 5 aromatic carbocycles. The summed E-state index contributed by atoms with van der Waals surface area (Å²) in [6.07, 6.45) is 0. The van der Waals surface area contributed by atoms with E-state index in [1.54, 1.807) is 0 Å². The molecule has 0 fully saturated rings. The van der Waals surface area contributed by atoms with Gasteiger partial charge in [-0.25, -0.2) is 0 Å². The SMILES string of the molecule is CC(C)(C)c1ccc2c(c1)c1ccccc1c1nnc(-c3ccc(-c4cccc5c4sc4ccccc45)cc3)n21. The molecule has 0 unspecified atom stereocenters. The van der Waals surface area contributed by atoms with Crippen LogP contribution in [-0.4, -0.2) is 14.6 Å². The molecule has 0 saturated heterocycles. The average molecular weight is 534 g/mol. The zero-order chi connectivity index (χ0) is 27.0. The number of thiophene rings is 1. The molecule has 3 heterocycles. The third kappa shape index (κ3) is 3.42. The van der Waals surface area contributed by atoms with Gasteiger partial charge >= 0.3 is 0 Å². The second-order valence-electron chi connectivity index (χ2n) is 11.6. The van der Waals surface area contributed by atoms with E-state index >= 15 is 0 Å². The van der Waals surface area contributed by atoms with Gasteiger partial charge < -0.3 is 0 Å². The zero-order valence-electron chi connectivity index (χ0n) is 22.6. The highest BCUT2D eigenvalue weighted by Crippen LogP contribution is 2.40. The Hall–Kier alpha value is -4.54. The van der Waals surface area contributed by atoms with Crippen molar-refractivity contribution < 1.29 is 0 Å². The molecule has 0 atom stereocenters. The Morgan fingerprint density at radius 1 is 0.600 bits per heavy atom. The quantitative estimate of drug-likeness (QED) is 0.207. The first kappa shape index (κ1) is 23.4. The monoisotopic (exact) mass is 533 g/mol. The summed E-state index contributed by atoms with van der Waals surface area (Å²) in [5.74, 6) is 0.862. The summed E-state index contributed by atoms with van der Waals surface area (Å²) in [4.78, 5) is 0. The summed E-state index contributed by atoms with van der Waals surface area (Å²) in [5, 5.41) is 15.6. The summed E-state index contributed by atoms with van der Waals surface area (Å²) in [6, 6.07) is 39.5. The first-order valence-corrected chi connectivity index (χ1v) is 14.5. The highest BCUT2D eigenvalue weighted by molar-refractivity contribution is 7.26. The topological polar surface area (TPSA) is 30.2 Å². The fourth-order valence-electron chi connectivity index (χ4n) is 5.97. The maximum absolute atomic E-state index is 4.73. The van der Waals surface area contributed by atoms with Crippen molar-refractivity contribution in [3.63, 3.8) is 0 Å². The van der Waals surface area contributed by atoms with Crippen LogP contribution >= 0.6 is 11.3 Å². The molecule has 8 rings (SSSR count). The molecule has 0 aliphatic rings. The van der Waals surface area contributed by atoms with Crippen LogP contribution in [0.15, 0.2) is 109 Å². The van der Waals surface area contributed by atoms with Gasteiger partial charge in [-0.15, -0.1) is 21.5 Å². The van der Waals surface area contributed by atoms with E-state index in [0.29, 0.717) is 0 Å². The van der Waals surface area contributed by atoms with E-state index in [4.69, 9.17) is 10.2 Å². The minimum atomic E-state index is 0.0629. The van der Waals surface area contributed by atoms with Gasteiger partial charge in [0.15, 0.2) is 11.5 Å². The number of pyridine rings is 1. The minimum Gasteiger partial charge on any atom is -0.274 e. The fourth-order valence-corrected chi connectivity index (χ4v) is 7.21. The molecule has 0 N–H and O–H groups in total. The lowest BCUT2D eigenvalue weighted by Crippen LogP contribution is -2.11. The lowest BCUT2D eigenvalue weighted by Gasteiger charge is -2.20. The fraction of sp³-hybridized carbons (Fsp3) is 0.111. The summed E-state index contributed by atoms with van der Waals surface area (Å²) >= 11 is 1.87. The van der Waals surface area contributed by atoms with Crippen molar-refractivity contribution in [3.05, 3.63) is 115 Å². The molecular formula is C36H27N3S. The van der Waals surface area contributed by atoms with Gasteiger partial charge in [-0.1, -0.05) is 112 Å². The van der Waals surface area contributed by atoms with Crippen molar-refractivity contribution in [1.82, 2.24) is 14.6 Å². The molecule has 0 saturated carbocycles. The molecule has 0 radical (unpaired) electrons. The Kier molecular flexibility index (Phi) is 4.95. The number of hydrogen-bond donors (Lipinski definition) is 0. The highest BCUT2D eigenvalue weighted by atomic mass is 32.1. The van der Waals surface area contributed by atoms with Gasteiger partial charge in [0, 0.05) is 36.5 Å². The first-order valence-electron chi connectivity index (χ1n) is 13.7. The second kappa shape index (κ2) is 8.48. The number of fused-ring (bicyclic) bond motifs is 9. The molecule has 8 aromatic rings. The van der Waals surface area contributed by atoms with Crippen LogP contribution in [0.4, 0.5) is 0 Å². The summed E-state index contributed by atoms with van der Waals surface area (Å²) in [5.41, 5.74) is 6.92. The predicted molar refractivity (Wildman–Crippen MR) is 170 cm³/mol. The third-order valence-electron chi connectivity index (χ3n) is 8.08. The summed E-state index contributed by atoms with van der Waals surface area (Å²) in [7, 11) is 0. The molecule has 3 aromatic heterocycles. The van der Waals surface area contributed by atoms with Crippen molar-refractivity contribution in [2.45, 2.75) is 26.2 Å². The van der Waals surface area contributed by atoms with Gasteiger partial charge in [-0.3, -0.25) is 4.40 Å². The highest BCUT2D eigenvalue weighted by Gasteiger charge is 2.19. The van der Waals surface area contributed by atoms with Gasteiger partial charge in [0.2, 0.25) is 0 Å². The van der Waals surface area contributed by atoms with Gasteiger partial charge in [0.1, 0.15) is 0 Å². The molecule has 0 bridgehead atoms. The van der Waals surface area contributed by atoms with Crippen LogP contribution in [0.3, 0.4) is 0 Å². The molecule has 0 aliphatic carbocycles. The van der Waals surface area contributed by atoms with Crippen LogP contribution in [0.2, 0.25) is 0 Å². The first-order chi connectivity index (χ1) is 19.5. The van der Waals surface area contributed by atoms with Crippen molar-refractivity contribution in [1.29, 1.82) is 0 Å². The largest absolute Gasteiger partial charge is 0.274 e. The van der Waals surface area contributed by atoms with Crippen LogP contribution in [0.25, 0.3) is 70.0 Å². The lowest BCUT2D eigenvalue weighted by molar-refractivity contribution is 0.591. The third-order valence-corrected chi connectivity index (χ3v) is 9.30. The molecule has 0 aliphatic heterocycles. The Morgan fingerprint density at radius 2 is 1.30 bits per heavy atom. The Morgan fingerprint density at radius 3 is 2.10 bits per heavy atom. The maximum Gasteiger partial charge on any atom is 0.169 e. The van der Waals surface area contributed by atoms with E-state index in [0.717, 1.165) is 27.9 Å². The Bertz CT molecular complexity index is 2250. The summed E-state index contributed by atoms with van der Waals surface area (Å²) < 4.78 is 4.88. The van der Waals surface area contributed by atoms with E-state index in [1.165, 1.54) is 47.6 Å². The van der Waals surface area contributed by atoms with Crippen molar-refractivity contribution >= 4 is 58.8 Å². The molecule has 0 amide bonds. The van der Waals surface area contributed by atoms with E-state index in [9.17, 15) is 0 Å². The molecule has 40 heavy (non-hydrogen) atoms. The molecule has 192 valence electrons. The number of benzene rings is 5. The van der Waals surface area contributed by atoms with Crippen LogP contribution in [0.1, 0.15) is 26.3 Å². The van der Waals surface area contributed by atoms with Crippen molar-refractivity contribution in [2.24, 2.45) is 0 Å².